The molecule has 2 N–H and O–H groups in total. The lowest BCUT2D eigenvalue weighted by atomic mass is 10.0. The number of thioether (sulfide) groups is 1. The maximum absolute atomic E-state index is 12.5. The van der Waals surface area contributed by atoms with Crippen molar-refractivity contribution in [3.8, 4) is 11.3 Å². The van der Waals surface area contributed by atoms with Gasteiger partial charge in [-0.2, -0.15) is 22.7 Å². The summed E-state index contributed by atoms with van der Waals surface area (Å²) in [5, 5.41) is 3.89. The molecule has 0 saturated carbocycles. The summed E-state index contributed by atoms with van der Waals surface area (Å²) in [4.78, 5) is 19.9. The van der Waals surface area contributed by atoms with E-state index in [1.807, 2.05) is 0 Å². The highest BCUT2D eigenvalue weighted by atomic mass is 35.5. The van der Waals surface area contributed by atoms with E-state index in [1.165, 1.54) is 28.8 Å². The van der Waals surface area contributed by atoms with Gasteiger partial charge in [0.15, 0.2) is 0 Å². The highest BCUT2D eigenvalue weighted by Gasteiger charge is 2.29. The first-order valence-electron chi connectivity index (χ1n) is 6.74. The number of halogens is 4. The van der Waals surface area contributed by atoms with Gasteiger partial charge in [-0.15, -0.1) is 5.10 Å². The zero-order valence-corrected chi connectivity index (χ0v) is 14.1. The van der Waals surface area contributed by atoms with E-state index in [-0.39, 0.29) is 39.0 Å². The molecule has 0 aliphatic carbocycles. The van der Waals surface area contributed by atoms with Crippen LogP contribution in [0.15, 0.2) is 29.2 Å². The van der Waals surface area contributed by atoms with Crippen LogP contribution < -0.4 is 5.73 Å². The van der Waals surface area contributed by atoms with Crippen molar-refractivity contribution in [1.29, 1.82) is 0 Å². The number of hydrogen-bond acceptors (Lipinski definition) is 5. The maximum Gasteiger partial charge on any atom is 0.446 e. The van der Waals surface area contributed by atoms with Crippen LogP contribution in [-0.2, 0) is 0 Å². The summed E-state index contributed by atoms with van der Waals surface area (Å²) in [6, 6.07) is 5.45. The molecule has 2 aromatic heterocycles. The Hall–Kier alpha value is -2.33. The van der Waals surface area contributed by atoms with Gasteiger partial charge >= 0.3 is 5.51 Å². The molecule has 0 radical (unpaired) electrons. The summed E-state index contributed by atoms with van der Waals surface area (Å²) in [6.45, 7) is 1.57. The lowest BCUT2D eigenvalue weighted by molar-refractivity contribution is -0.0328. The van der Waals surface area contributed by atoms with Gasteiger partial charge in [0.25, 0.3) is 11.7 Å². The summed E-state index contributed by atoms with van der Waals surface area (Å²) >= 11 is 5.56. The number of carbonyl (C=O) groups excluding carboxylic acids is 1. The number of rotatable bonds is 3. The van der Waals surface area contributed by atoms with E-state index in [0.717, 1.165) is 0 Å². The molecule has 1 amide bonds. The second-order valence-corrected chi connectivity index (χ2v) is 6.43. The first kappa shape index (κ1) is 17.5. The van der Waals surface area contributed by atoms with Crippen LogP contribution in [0.3, 0.4) is 0 Å². The van der Waals surface area contributed by atoms with Crippen molar-refractivity contribution in [3.63, 3.8) is 0 Å². The van der Waals surface area contributed by atoms with Gasteiger partial charge in [-0.1, -0.05) is 12.1 Å². The van der Waals surface area contributed by atoms with Gasteiger partial charge in [0.05, 0.1) is 17.0 Å². The lowest BCUT2D eigenvalue weighted by Gasteiger charge is -2.12. The van der Waals surface area contributed by atoms with Gasteiger partial charge in [-0.3, -0.25) is 4.79 Å². The van der Waals surface area contributed by atoms with Gasteiger partial charge in [-0.05, 0) is 42.4 Å². The molecular formula is C14H9ClF3N5OS. The number of alkyl halides is 3. The fourth-order valence-electron chi connectivity index (χ4n) is 2.36. The van der Waals surface area contributed by atoms with Crippen molar-refractivity contribution in [1.82, 2.24) is 19.6 Å². The third-order valence-electron chi connectivity index (χ3n) is 3.25. The molecule has 1 aromatic carbocycles. The molecular weight excluding hydrogens is 379 g/mol. The Bertz CT molecular complexity index is 971. The van der Waals surface area contributed by atoms with Gasteiger partial charge in [0.1, 0.15) is 0 Å². The Balaban J connectivity index is 2.20. The fourth-order valence-corrected chi connectivity index (χ4v) is 3.05. The predicted octanol–water partition coefficient (Wildman–Crippen LogP) is 3.46. The smallest absolute Gasteiger partial charge is 0.365 e. The first-order chi connectivity index (χ1) is 11.7. The van der Waals surface area contributed by atoms with Gasteiger partial charge in [-0.25, -0.2) is 4.98 Å². The number of nitrogens with zero attached hydrogens (tertiary/aromatic N) is 4. The summed E-state index contributed by atoms with van der Waals surface area (Å²) in [7, 11) is 0. The Morgan fingerprint density at radius 3 is 2.44 bits per heavy atom. The molecule has 11 heteroatoms. The molecule has 0 aliphatic heterocycles. The number of aryl methyl sites for hydroxylation is 1. The van der Waals surface area contributed by atoms with E-state index in [1.54, 1.807) is 6.92 Å². The van der Waals surface area contributed by atoms with Crippen molar-refractivity contribution in [3.05, 3.63) is 40.8 Å². The average Bonchev–Trinajstić information content (AvgIpc) is 2.84. The monoisotopic (exact) mass is 387 g/mol. The third-order valence-corrected chi connectivity index (χ3v) is 4.15. The summed E-state index contributed by atoms with van der Waals surface area (Å²) in [5.41, 5.74) is 2.14. The zero-order valence-electron chi connectivity index (χ0n) is 12.5. The molecule has 6 nitrogen and oxygen atoms in total. The van der Waals surface area contributed by atoms with Crippen molar-refractivity contribution in [2.45, 2.75) is 17.3 Å². The number of nitrogens with two attached hydrogens (primary N) is 1. The SMILES string of the molecule is Cc1nc2nc(Cl)nn2c(-c2ccc(SC(F)(F)F)cc2)c1C(N)=O. The first-order valence-corrected chi connectivity index (χ1v) is 7.94. The second kappa shape index (κ2) is 6.19. The van der Waals surface area contributed by atoms with Crippen LogP contribution in [0.1, 0.15) is 16.1 Å². The largest absolute Gasteiger partial charge is 0.446 e. The van der Waals surface area contributed by atoms with Gasteiger partial charge in [0, 0.05) is 10.5 Å². The van der Waals surface area contributed by atoms with Crippen LogP contribution in [0.25, 0.3) is 17.0 Å². The van der Waals surface area contributed by atoms with Crippen LogP contribution in [-0.4, -0.2) is 31.0 Å². The standard InChI is InChI=1S/C14H9ClF3N5OS/c1-6-9(11(19)24)10(23-13(20-6)21-12(15)22-23)7-2-4-8(5-3-7)25-14(16,17)18/h2-5H,1H3,(H2,19,24). The Morgan fingerprint density at radius 1 is 1.24 bits per heavy atom. The Kier molecular flexibility index (Phi) is 4.33. The van der Waals surface area contributed by atoms with Crippen molar-refractivity contribution < 1.29 is 18.0 Å². The van der Waals surface area contributed by atoms with Gasteiger partial charge < -0.3 is 5.73 Å². The van der Waals surface area contributed by atoms with Crippen LogP contribution in [0.5, 0.6) is 0 Å². The second-order valence-electron chi connectivity index (χ2n) is 4.95. The van der Waals surface area contributed by atoms with Crippen molar-refractivity contribution >= 4 is 35.0 Å². The van der Waals surface area contributed by atoms with E-state index in [0.29, 0.717) is 11.3 Å². The quantitative estimate of drug-likeness (QED) is 0.695. The molecule has 0 unspecified atom stereocenters. The molecule has 130 valence electrons. The molecule has 0 aliphatic rings. The number of fused-ring (bicyclic) bond motifs is 1. The van der Waals surface area contributed by atoms with Crippen molar-refractivity contribution in [2.24, 2.45) is 5.73 Å². The number of carbonyl (C=O) groups is 1. The molecule has 0 atom stereocenters. The summed E-state index contributed by atoms with van der Waals surface area (Å²) in [5.74, 6) is -0.599. The zero-order chi connectivity index (χ0) is 18.4. The van der Waals surface area contributed by atoms with Crippen LogP contribution in [0.2, 0.25) is 5.28 Å². The molecule has 3 aromatic rings. The number of benzene rings is 1. The highest BCUT2D eigenvalue weighted by Crippen LogP contribution is 2.37. The van der Waals surface area contributed by atoms with Crippen LogP contribution >= 0.6 is 23.4 Å². The predicted molar refractivity (Wildman–Crippen MR) is 86.4 cm³/mol. The van der Waals surface area contributed by atoms with E-state index in [4.69, 9.17) is 17.3 Å². The Labute approximate surface area is 148 Å². The number of amides is 1. The molecule has 0 fully saturated rings. The van der Waals surface area contributed by atoms with Crippen LogP contribution in [0, 0.1) is 6.92 Å². The normalized spacial score (nSPS) is 11.9. The fraction of sp³-hybridized carbons (Fsp3) is 0.143. The van der Waals surface area contributed by atoms with E-state index in [9.17, 15) is 18.0 Å². The van der Waals surface area contributed by atoms with E-state index >= 15 is 0 Å². The molecule has 0 bridgehead atoms. The molecule has 25 heavy (non-hydrogen) atoms. The average molecular weight is 388 g/mol. The molecule has 0 saturated heterocycles. The van der Waals surface area contributed by atoms with E-state index < -0.39 is 11.4 Å². The third kappa shape index (κ3) is 3.54. The minimum atomic E-state index is -4.39. The topological polar surface area (TPSA) is 86.2 Å². The number of primary amides is 1. The Morgan fingerprint density at radius 2 is 1.88 bits per heavy atom. The minimum Gasteiger partial charge on any atom is -0.365 e. The maximum atomic E-state index is 12.5. The molecule has 3 rings (SSSR count). The van der Waals surface area contributed by atoms with E-state index in [2.05, 4.69) is 15.1 Å². The molecule has 0 spiro atoms. The highest BCUT2D eigenvalue weighted by molar-refractivity contribution is 8.00. The number of hydrogen-bond donors (Lipinski definition) is 1. The summed E-state index contributed by atoms with van der Waals surface area (Å²) < 4.78 is 38.6. The minimum absolute atomic E-state index is 0.00974. The summed E-state index contributed by atoms with van der Waals surface area (Å²) in [6.07, 6.45) is 0. The lowest BCUT2D eigenvalue weighted by Crippen LogP contribution is -2.18. The van der Waals surface area contributed by atoms with Crippen LogP contribution in [0.4, 0.5) is 13.2 Å². The molecule has 2 heterocycles. The van der Waals surface area contributed by atoms with Gasteiger partial charge in [0.2, 0.25) is 5.28 Å². The number of aromatic nitrogens is 4. The van der Waals surface area contributed by atoms with Crippen molar-refractivity contribution in [2.75, 3.05) is 0 Å².